The maximum atomic E-state index is 13.1. The average Bonchev–Trinajstić information content (AvgIpc) is 2.21. The number of phosphoric acid groups is 2. The highest BCUT2D eigenvalue weighted by Crippen LogP contribution is 2.45. The van der Waals surface area contributed by atoms with E-state index in [1.54, 1.807) is 0 Å². The van der Waals surface area contributed by atoms with Crippen LogP contribution in [0.25, 0.3) is 0 Å². The minimum Gasteiger partial charge on any atom is -0.462 e. The van der Waals surface area contributed by atoms with Crippen molar-refractivity contribution in [3.05, 3.63) is 0 Å². The van der Waals surface area contributed by atoms with Crippen LogP contribution < -0.4 is 0 Å². The van der Waals surface area contributed by atoms with Crippen LogP contribution in [0.15, 0.2) is 0 Å². The summed E-state index contributed by atoms with van der Waals surface area (Å²) in [7, 11) is -9.92. The average molecular weight is 1410 g/mol. The lowest BCUT2D eigenvalue weighted by atomic mass is 9.99. The maximum absolute atomic E-state index is 13.1. The zero-order valence-corrected chi connectivity index (χ0v) is 64.8. The van der Waals surface area contributed by atoms with Crippen LogP contribution in [0.2, 0.25) is 0 Å². The van der Waals surface area contributed by atoms with Gasteiger partial charge < -0.3 is 33.8 Å². The number of aliphatic hydroxyl groups is 1. The van der Waals surface area contributed by atoms with Crippen molar-refractivity contribution in [2.24, 2.45) is 23.7 Å². The van der Waals surface area contributed by atoms with Gasteiger partial charge >= 0.3 is 39.5 Å². The second-order valence-corrected chi connectivity index (χ2v) is 32.3. The molecular weight excluding hydrogens is 1260 g/mol. The van der Waals surface area contributed by atoms with Gasteiger partial charge in [0.05, 0.1) is 26.4 Å². The van der Waals surface area contributed by atoms with Crippen LogP contribution in [0.4, 0.5) is 0 Å². The quantitative estimate of drug-likeness (QED) is 0.0222. The van der Waals surface area contributed by atoms with Crippen LogP contribution >= 0.6 is 15.6 Å². The smallest absolute Gasteiger partial charge is 0.462 e. The fourth-order valence-electron chi connectivity index (χ4n) is 11.7. The molecular formula is C77H150O17P2. The van der Waals surface area contributed by atoms with Gasteiger partial charge in [0, 0.05) is 25.7 Å². The first kappa shape index (κ1) is 94.1. The number of phosphoric ester groups is 2. The summed E-state index contributed by atoms with van der Waals surface area (Å²) in [6.07, 6.45) is 51.3. The minimum atomic E-state index is -4.96. The number of hydrogen-bond donors (Lipinski definition) is 3. The molecule has 0 heterocycles. The van der Waals surface area contributed by atoms with Gasteiger partial charge in [-0.3, -0.25) is 37.3 Å². The molecule has 0 radical (unpaired) electrons. The fourth-order valence-corrected chi connectivity index (χ4v) is 13.3. The Morgan fingerprint density at radius 2 is 0.500 bits per heavy atom. The van der Waals surface area contributed by atoms with Crippen molar-refractivity contribution in [3.63, 3.8) is 0 Å². The van der Waals surface area contributed by atoms with E-state index in [1.165, 1.54) is 186 Å². The van der Waals surface area contributed by atoms with Crippen molar-refractivity contribution >= 4 is 39.5 Å². The molecule has 0 saturated heterocycles. The molecule has 3 N–H and O–H groups in total. The van der Waals surface area contributed by atoms with Gasteiger partial charge in [-0.1, -0.05) is 338 Å². The Morgan fingerprint density at radius 1 is 0.292 bits per heavy atom. The molecule has 570 valence electrons. The summed E-state index contributed by atoms with van der Waals surface area (Å²) in [6.45, 7) is 14.2. The molecule has 0 bridgehead atoms. The van der Waals surface area contributed by atoms with E-state index >= 15 is 0 Å². The molecule has 0 aromatic carbocycles. The lowest BCUT2D eigenvalue weighted by Gasteiger charge is -2.21. The molecule has 0 aliphatic heterocycles. The molecule has 0 saturated carbocycles. The Labute approximate surface area is 588 Å². The summed E-state index contributed by atoms with van der Waals surface area (Å²) < 4.78 is 68.6. The van der Waals surface area contributed by atoms with Gasteiger partial charge in [0.15, 0.2) is 12.2 Å². The summed E-state index contributed by atoms with van der Waals surface area (Å²) in [5.74, 6) is 0.966. The minimum absolute atomic E-state index is 0.105. The van der Waals surface area contributed by atoms with Gasteiger partial charge in [0.2, 0.25) is 0 Å². The van der Waals surface area contributed by atoms with Gasteiger partial charge in [0.25, 0.3) is 0 Å². The van der Waals surface area contributed by atoms with Crippen LogP contribution in [0.3, 0.4) is 0 Å². The third-order valence-electron chi connectivity index (χ3n) is 18.2. The van der Waals surface area contributed by atoms with Crippen LogP contribution in [0.1, 0.15) is 389 Å². The van der Waals surface area contributed by atoms with E-state index < -0.39 is 97.5 Å². The third-order valence-corrected chi connectivity index (χ3v) is 20.1. The molecule has 0 aromatic heterocycles. The molecule has 0 spiro atoms. The first-order valence-electron chi connectivity index (χ1n) is 39.7. The van der Waals surface area contributed by atoms with Crippen molar-refractivity contribution in [1.82, 2.24) is 0 Å². The number of carbonyl (C=O) groups excluding carboxylic acids is 4. The number of esters is 4. The lowest BCUT2D eigenvalue weighted by Crippen LogP contribution is -2.30. The van der Waals surface area contributed by atoms with Gasteiger partial charge in [0.1, 0.15) is 19.3 Å². The van der Waals surface area contributed by atoms with Crippen LogP contribution in [0.5, 0.6) is 0 Å². The van der Waals surface area contributed by atoms with Crippen molar-refractivity contribution in [2.45, 2.75) is 408 Å². The molecule has 17 nitrogen and oxygen atoms in total. The summed E-state index contributed by atoms with van der Waals surface area (Å²) in [6, 6.07) is 0. The molecule has 0 amide bonds. The molecule has 0 aromatic rings. The summed E-state index contributed by atoms with van der Waals surface area (Å²) >= 11 is 0. The van der Waals surface area contributed by atoms with E-state index in [2.05, 4.69) is 55.4 Å². The van der Waals surface area contributed by atoms with E-state index in [9.17, 15) is 43.2 Å². The number of aliphatic hydroxyl groups excluding tert-OH is 1. The Bertz CT molecular complexity index is 1890. The van der Waals surface area contributed by atoms with Gasteiger partial charge in [-0.05, 0) is 49.4 Å². The molecule has 0 aliphatic carbocycles. The standard InChI is InChI=1S/C77H150O17P2/c1-9-70(8)56-48-40-32-24-18-12-10-11-13-19-25-33-41-49-57-74(79)87-63-72(93-76(81)59-51-43-34-26-20-14-16-22-29-37-45-53-67(2)3)65-91-95(83,84)89-61-71(78)62-90-96(85,86)92-66-73(64-88-75(80)58-50-42-36-28-31-39-47-55-69(6)7)94-77(82)60-52-44-35-27-21-15-17-23-30-38-46-54-68(4)5/h67-73,78H,9-66H2,1-8H3,(H,83,84)(H,85,86)/t70?,71?,72-,73-/m1/s1. The Kier molecular flexibility index (Phi) is 65.0. The summed E-state index contributed by atoms with van der Waals surface area (Å²) in [5.41, 5.74) is 0. The molecule has 0 rings (SSSR count). The molecule has 4 unspecified atom stereocenters. The molecule has 19 heteroatoms. The first-order valence-corrected chi connectivity index (χ1v) is 42.7. The Balaban J connectivity index is 5.24. The summed E-state index contributed by atoms with van der Waals surface area (Å²) in [4.78, 5) is 72.9. The van der Waals surface area contributed by atoms with E-state index in [-0.39, 0.29) is 25.7 Å². The van der Waals surface area contributed by atoms with E-state index in [0.29, 0.717) is 31.6 Å². The normalized spacial score (nSPS) is 14.4. The fraction of sp³-hybridized carbons (Fsp3) is 0.948. The van der Waals surface area contributed by atoms with Gasteiger partial charge in [-0.25, -0.2) is 9.13 Å². The van der Waals surface area contributed by atoms with E-state index in [1.807, 2.05) is 0 Å². The molecule has 0 aliphatic rings. The molecule has 0 fully saturated rings. The highest BCUT2D eigenvalue weighted by atomic mass is 31.2. The first-order chi connectivity index (χ1) is 46.1. The van der Waals surface area contributed by atoms with Gasteiger partial charge in [-0.15, -0.1) is 0 Å². The second-order valence-electron chi connectivity index (χ2n) is 29.4. The Hall–Kier alpha value is -1.94. The predicted octanol–water partition coefficient (Wildman–Crippen LogP) is 22.4. The van der Waals surface area contributed by atoms with E-state index in [0.717, 1.165) is 114 Å². The zero-order chi connectivity index (χ0) is 71.0. The molecule has 96 heavy (non-hydrogen) atoms. The predicted molar refractivity (Wildman–Crippen MR) is 391 cm³/mol. The SMILES string of the molecule is CCC(C)CCCCCCCCCCCCCCCCC(=O)OC[C@H](COP(=O)(O)OCC(O)COP(=O)(O)OC[C@@H](COC(=O)CCCCCCCCCC(C)C)OC(=O)CCCCCCCCCCCCCC(C)C)OC(=O)CCCCCCCCCCCCCC(C)C. The van der Waals surface area contributed by atoms with Crippen LogP contribution in [-0.4, -0.2) is 96.7 Å². The number of ether oxygens (including phenoxy) is 4. The van der Waals surface area contributed by atoms with Crippen LogP contribution in [-0.2, 0) is 65.4 Å². The topological polar surface area (TPSA) is 237 Å². The van der Waals surface area contributed by atoms with E-state index in [4.69, 9.17) is 37.0 Å². The van der Waals surface area contributed by atoms with Crippen molar-refractivity contribution in [3.8, 4) is 0 Å². The number of rotatable bonds is 74. The van der Waals surface area contributed by atoms with Crippen molar-refractivity contribution in [2.75, 3.05) is 39.6 Å². The number of hydrogen-bond acceptors (Lipinski definition) is 15. The number of unbranched alkanes of at least 4 members (excludes halogenated alkanes) is 39. The Morgan fingerprint density at radius 3 is 0.740 bits per heavy atom. The summed E-state index contributed by atoms with van der Waals surface area (Å²) in [5, 5.41) is 10.6. The van der Waals surface area contributed by atoms with Crippen molar-refractivity contribution in [1.29, 1.82) is 0 Å². The largest absolute Gasteiger partial charge is 0.472 e. The van der Waals surface area contributed by atoms with Crippen molar-refractivity contribution < 1.29 is 80.2 Å². The third kappa shape index (κ3) is 69.2. The molecule has 6 atom stereocenters. The monoisotopic (exact) mass is 1410 g/mol. The van der Waals surface area contributed by atoms with Crippen LogP contribution in [0, 0.1) is 23.7 Å². The highest BCUT2D eigenvalue weighted by Gasteiger charge is 2.30. The number of carbonyl (C=O) groups is 4. The lowest BCUT2D eigenvalue weighted by molar-refractivity contribution is -0.161. The second kappa shape index (κ2) is 66.3. The highest BCUT2D eigenvalue weighted by molar-refractivity contribution is 7.47. The van der Waals surface area contributed by atoms with Gasteiger partial charge in [-0.2, -0.15) is 0 Å². The zero-order valence-electron chi connectivity index (χ0n) is 63.0. The maximum Gasteiger partial charge on any atom is 0.472 e.